The molecule has 3 aromatic rings. The summed E-state index contributed by atoms with van der Waals surface area (Å²) in [4.78, 5) is 28.1. The molecule has 0 saturated heterocycles. The van der Waals surface area contributed by atoms with E-state index in [2.05, 4.69) is 4.98 Å². The fraction of sp³-hybridized carbons (Fsp3) is 0.0952. The minimum atomic E-state index is -1.12. The molecular weight excluding hydrogens is 394 g/mol. The summed E-state index contributed by atoms with van der Waals surface area (Å²) in [6.07, 6.45) is -0.971. The number of para-hydroxylation sites is 1. The van der Waals surface area contributed by atoms with Crippen molar-refractivity contribution >= 4 is 23.6 Å². The summed E-state index contributed by atoms with van der Waals surface area (Å²) in [5.41, 5.74) is 12.2. The number of aryl methyl sites for hydroxylation is 1. The molecule has 1 aromatic heterocycles. The highest BCUT2D eigenvalue weighted by Gasteiger charge is 2.25. The Morgan fingerprint density at radius 2 is 1.63 bits per heavy atom. The van der Waals surface area contributed by atoms with E-state index in [4.69, 9.17) is 16.2 Å². The third-order valence-electron chi connectivity index (χ3n) is 4.27. The number of nitrogens with two attached hydrogens (primary N) is 2. The number of carbonyl (C=O) groups excluding carboxylic acids is 2. The minimum Gasteiger partial charge on any atom is -0.445 e. The van der Waals surface area contributed by atoms with Crippen molar-refractivity contribution in [3.63, 3.8) is 0 Å². The Bertz CT molecular complexity index is 1080. The number of carbonyl (C=O) groups is 2. The average Bonchev–Trinajstić information content (AvgIpc) is 2.69. The molecule has 9 heteroatoms. The smallest absolute Gasteiger partial charge is 0.404 e. The fourth-order valence-corrected chi connectivity index (χ4v) is 2.87. The molecule has 0 aliphatic heterocycles. The van der Waals surface area contributed by atoms with Crippen molar-refractivity contribution in [3.05, 3.63) is 77.4 Å². The zero-order chi connectivity index (χ0) is 21.8. The molecule has 154 valence electrons. The normalized spacial score (nSPS) is 10.5. The Kier molecular flexibility index (Phi) is 5.91. The van der Waals surface area contributed by atoms with E-state index >= 15 is 0 Å². The molecule has 0 aliphatic rings. The van der Waals surface area contributed by atoms with Crippen molar-refractivity contribution in [2.45, 2.75) is 13.5 Å². The second-order valence-electron chi connectivity index (χ2n) is 6.39. The van der Waals surface area contributed by atoms with Gasteiger partial charge in [0.1, 0.15) is 29.7 Å². The standard InChI is InChI=1S/C21H18F2N4O3/c1-12-5-7-13(8-6-12)18-14(11-30-21(25)29)9-10-17(26-18)27(20(24)28)19-15(22)3-2-4-16(19)23/h2-10H,11H2,1H3,(H2,24,28)(H2,25,29). The van der Waals surface area contributed by atoms with Crippen LogP contribution in [0, 0.1) is 18.6 Å². The monoisotopic (exact) mass is 412 g/mol. The maximum absolute atomic E-state index is 14.3. The van der Waals surface area contributed by atoms with Gasteiger partial charge in [-0.3, -0.25) is 0 Å². The van der Waals surface area contributed by atoms with Crippen LogP contribution in [0.15, 0.2) is 54.6 Å². The second kappa shape index (κ2) is 8.56. The van der Waals surface area contributed by atoms with E-state index in [0.29, 0.717) is 21.7 Å². The molecule has 30 heavy (non-hydrogen) atoms. The van der Waals surface area contributed by atoms with Crippen LogP contribution in [0.5, 0.6) is 0 Å². The number of urea groups is 1. The van der Waals surface area contributed by atoms with Crippen LogP contribution >= 0.6 is 0 Å². The lowest BCUT2D eigenvalue weighted by atomic mass is 10.0. The van der Waals surface area contributed by atoms with Crippen molar-refractivity contribution in [3.8, 4) is 11.3 Å². The lowest BCUT2D eigenvalue weighted by Crippen LogP contribution is -2.33. The van der Waals surface area contributed by atoms with Gasteiger partial charge in [-0.25, -0.2) is 28.3 Å². The van der Waals surface area contributed by atoms with E-state index in [9.17, 15) is 18.4 Å². The molecule has 3 rings (SSSR count). The van der Waals surface area contributed by atoms with Crippen molar-refractivity contribution in [2.24, 2.45) is 11.5 Å². The summed E-state index contributed by atoms with van der Waals surface area (Å²) in [6.45, 7) is 1.72. The van der Waals surface area contributed by atoms with Gasteiger partial charge in [-0.05, 0) is 31.2 Å². The Morgan fingerprint density at radius 3 is 2.20 bits per heavy atom. The number of nitrogens with zero attached hydrogens (tertiary/aromatic N) is 2. The third-order valence-corrected chi connectivity index (χ3v) is 4.27. The third kappa shape index (κ3) is 4.35. The quantitative estimate of drug-likeness (QED) is 0.656. The van der Waals surface area contributed by atoms with Gasteiger partial charge in [0.05, 0.1) is 5.69 Å². The van der Waals surface area contributed by atoms with Crippen LogP contribution in [0.1, 0.15) is 11.1 Å². The van der Waals surface area contributed by atoms with Crippen molar-refractivity contribution in [2.75, 3.05) is 4.90 Å². The molecule has 4 N–H and O–H groups in total. The summed E-state index contributed by atoms with van der Waals surface area (Å²) >= 11 is 0. The first kappa shape index (κ1) is 20.7. The summed E-state index contributed by atoms with van der Waals surface area (Å²) in [5, 5.41) is 0. The van der Waals surface area contributed by atoms with Crippen molar-refractivity contribution in [1.29, 1.82) is 0 Å². The van der Waals surface area contributed by atoms with Gasteiger partial charge in [-0.15, -0.1) is 0 Å². The van der Waals surface area contributed by atoms with Crippen LogP contribution < -0.4 is 16.4 Å². The minimum absolute atomic E-state index is 0.107. The summed E-state index contributed by atoms with van der Waals surface area (Å²) < 4.78 is 33.5. The topological polar surface area (TPSA) is 112 Å². The molecule has 7 nitrogen and oxygen atoms in total. The maximum Gasteiger partial charge on any atom is 0.404 e. The lowest BCUT2D eigenvalue weighted by Gasteiger charge is -2.22. The highest BCUT2D eigenvalue weighted by molar-refractivity contribution is 5.98. The highest BCUT2D eigenvalue weighted by Crippen LogP contribution is 2.32. The molecule has 0 radical (unpaired) electrons. The summed E-state index contributed by atoms with van der Waals surface area (Å²) in [7, 11) is 0. The van der Waals surface area contributed by atoms with E-state index in [1.165, 1.54) is 18.2 Å². The number of halogens is 2. The molecule has 0 fully saturated rings. The number of ether oxygens (including phenoxy) is 1. The van der Waals surface area contributed by atoms with Gasteiger partial charge in [0.2, 0.25) is 0 Å². The number of benzene rings is 2. The van der Waals surface area contributed by atoms with Gasteiger partial charge >= 0.3 is 12.1 Å². The molecular formula is C21H18F2N4O3. The largest absolute Gasteiger partial charge is 0.445 e. The average molecular weight is 412 g/mol. The molecule has 0 spiro atoms. The first-order valence-electron chi connectivity index (χ1n) is 8.80. The molecule has 2 aromatic carbocycles. The Labute approximate surface area is 170 Å². The van der Waals surface area contributed by atoms with Gasteiger partial charge < -0.3 is 16.2 Å². The fourth-order valence-electron chi connectivity index (χ4n) is 2.87. The van der Waals surface area contributed by atoms with Crippen LogP contribution in [-0.4, -0.2) is 17.1 Å². The Morgan fingerprint density at radius 1 is 1.00 bits per heavy atom. The lowest BCUT2D eigenvalue weighted by molar-refractivity contribution is 0.150. The molecule has 0 aliphatic carbocycles. The van der Waals surface area contributed by atoms with E-state index in [1.807, 2.05) is 19.1 Å². The van der Waals surface area contributed by atoms with Crippen LogP contribution in [0.3, 0.4) is 0 Å². The number of aromatic nitrogens is 1. The Hall–Kier alpha value is -4.01. The number of pyridine rings is 1. The number of primary amides is 2. The van der Waals surface area contributed by atoms with Crippen LogP contribution in [0.25, 0.3) is 11.3 Å². The van der Waals surface area contributed by atoms with E-state index in [0.717, 1.165) is 17.7 Å². The highest BCUT2D eigenvalue weighted by atomic mass is 19.1. The molecule has 0 saturated carbocycles. The van der Waals surface area contributed by atoms with Crippen LogP contribution in [0.2, 0.25) is 0 Å². The van der Waals surface area contributed by atoms with Gasteiger partial charge in [0, 0.05) is 11.1 Å². The Balaban J connectivity index is 2.16. The van der Waals surface area contributed by atoms with Crippen molar-refractivity contribution in [1.82, 2.24) is 4.98 Å². The second-order valence-corrected chi connectivity index (χ2v) is 6.39. The SMILES string of the molecule is Cc1ccc(-c2nc(N(C(N)=O)c3c(F)cccc3F)ccc2COC(N)=O)cc1. The van der Waals surface area contributed by atoms with Crippen LogP contribution in [0.4, 0.5) is 29.9 Å². The summed E-state index contributed by atoms with van der Waals surface area (Å²) in [5.74, 6) is -2.06. The first-order chi connectivity index (χ1) is 14.3. The zero-order valence-corrected chi connectivity index (χ0v) is 15.9. The number of hydrogen-bond donors (Lipinski definition) is 2. The zero-order valence-electron chi connectivity index (χ0n) is 15.9. The molecule has 0 atom stereocenters. The van der Waals surface area contributed by atoms with E-state index < -0.39 is 29.4 Å². The predicted octanol–water partition coefficient (Wildman–Crippen LogP) is 4.15. The maximum atomic E-state index is 14.3. The van der Waals surface area contributed by atoms with Gasteiger partial charge in [-0.1, -0.05) is 35.9 Å². The van der Waals surface area contributed by atoms with Gasteiger partial charge in [0.15, 0.2) is 0 Å². The predicted molar refractivity (Wildman–Crippen MR) is 107 cm³/mol. The van der Waals surface area contributed by atoms with E-state index in [1.54, 1.807) is 12.1 Å². The molecule has 1 heterocycles. The summed E-state index contributed by atoms with van der Waals surface area (Å²) in [6, 6.07) is 12.1. The first-order valence-corrected chi connectivity index (χ1v) is 8.80. The molecule has 0 bridgehead atoms. The number of hydrogen-bond acceptors (Lipinski definition) is 4. The van der Waals surface area contributed by atoms with E-state index in [-0.39, 0.29) is 12.4 Å². The van der Waals surface area contributed by atoms with Crippen LogP contribution in [-0.2, 0) is 11.3 Å². The van der Waals surface area contributed by atoms with Gasteiger partial charge in [0.25, 0.3) is 0 Å². The number of amides is 3. The molecule has 0 unspecified atom stereocenters. The molecule has 3 amide bonds. The van der Waals surface area contributed by atoms with Crippen molar-refractivity contribution < 1.29 is 23.1 Å². The number of rotatable bonds is 5. The number of anilines is 2. The van der Waals surface area contributed by atoms with Gasteiger partial charge in [-0.2, -0.15) is 0 Å².